The molecular weight excluding hydrogens is 418 g/mol. The molecule has 2 heterocycles. The third-order valence-electron chi connectivity index (χ3n) is 5.83. The summed E-state index contributed by atoms with van der Waals surface area (Å²) >= 11 is 0. The van der Waals surface area contributed by atoms with Crippen molar-refractivity contribution < 1.29 is 19.4 Å². The summed E-state index contributed by atoms with van der Waals surface area (Å²) in [6.07, 6.45) is 7.08. The molecule has 1 aromatic carbocycles. The Kier molecular flexibility index (Phi) is 6.77. The summed E-state index contributed by atoms with van der Waals surface area (Å²) in [5.74, 6) is 0.350. The molecule has 3 aromatic rings. The number of aromatic nitrogens is 2. The molecule has 1 unspecified atom stereocenters. The minimum atomic E-state index is -0.988. The minimum absolute atomic E-state index is 0.172. The van der Waals surface area contributed by atoms with Gasteiger partial charge in [-0.05, 0) is 54.0 Å². The molecule has 7 nitrogen and oxygen atoms in total. The zero-order chi connectivity index (χ0) is 23.4. The Hall–Kier alpha value is -3.61. The SMILES string of the molecule is CC(C)CC1C(=O)CCC1=N[C@@H](Cc1ccc(Oc2nccc3ccncc23)cc1)C(=O)O. The Morgan fingerprint density at radius 3 is 2.64 bits per heavy atom. The van der Waals surface area contributed by atoms with Crippen molar-refractivity contribution in [1.82, 2.24) is 9.97 Å². The van der Waals surface area contributed by atoms with Crippen LogP contribution in [0.3, 0.4) is 0 Å². The van der Waals surface area contributed by atoms with Crippen molar-refractivity contribution in [3.05, 3.63) is 60.6 Å². The van der Waals surface area contributed by atoms with E-state index in [1.807, 2.05) is 24.3 Å². The highest BCUT2D eigenvalue weighted by Crippen LogP contribution is 2.28. The average Bonchev–Trinajstić information content (AvgIpc) is 3.13. The number of aliphatic imine (C=N–C) groups is 1. The van der Waals surface area contributed by atoms with E-state index in [2.05, 4.69) is 28.8 Å². The van der Waals surface area contributed by atoms with Crippen LogP contribution in [0.5, 0.6) is 11.6 Å². The third kappa shape index (κ3) is 5.42. The summed E-state index contributed by atoms with van der Waals surface area (Å²) in [6, 6.07) is 10.1. The highest BCUT2D eigenvalue weighted by molar-refractivity contribution is 6.11. The number of pyridine rings is 2. The number of hydrogen-bond acceptors (Lipinski definition) is 6. The highest BCUT2D eigenvalue weighted by Gasteiger charge is 2.32. The Morgan fingerprint density at radius 1 is 1.15 bits per heavy atom. The lowest BCUT2D eigenvalue weighted by atomic mass is 9.93. The number of rotatable bonds is 8. The summed E-state index contributed by atoms with van der Waals surface area (Å²) in [4.78, 5) is 37.1. The van der Waals surface area contributed by atoms with E-state index in [4.69, 9.17) is 4.74 Å². The number of aliphatic carboxylic acids is 1. The first-order chi connectivity index (χ1) is 15.9. The molecule has 1 N–H and O–H groups in total. The second-order valence-corrected chi connectivity index (χ2v) is 8.79. The lowest BCUT2D eigenvalue weighted by molar-refractivity contribution is -0.138. The summed E-state index contributed by atoms with van der Waals surface area (Å²) in [6.45, 7) is 4.12. The van der Waals surface area contributed by atoms with Gasteiger partial charge in [0.05, 0.1) is 11.3 Å². The fourth-order valence-electron chi connectivity index (χ4n) is 4.16. The lowest BCUT2D eigenvalue weighted by Gasteiger charge is -2.15. The van der Waals surface area contributed by atoms with Crippen LogP contribution in [-0.4, -0.2) is 38.6 Å². The van der Waals surface area contributed by atoms with Crippen molar-refractivity contribution in [2.45, 2.75) is 45.6 Å². The number of Topliss-reactive ketones (excluding diaryl/α,β-unsaturated/α-hetero) is 1. The molecule has 1 aliphatic rings. The van der Waals surface area contributed by atoms with E-state index in [1.165, 1.54) is 0 Å². The van der Waals surface area contributed by atoms with Crippen LogP contribution in [0.2, 0.25) is 0 Å². The Balaban J connectivity index is 1.48. The second-order valence-electron chi connectivity index (χ2n) is 8.79. The van der Waals surface area contributed by atoms with Crippen molar-refractivity contribution in [3.63, 3.8) is 0 Å². The Morgan fingerprint density at radius 2 is 1.91 bits per heavy atom. The maximum atomic E-state index is 12.2. The number of carbonyl (C=O) groups is 2. The van der Waals surface area contributed by atoms with Gasteiger partial charge in [-0.3, -0.25) is 14.8 Å². The van der Waals surface area contributed by atoms with Crippen molar-refractivity contribution >= 4 is 28.2 Å². The van der Waals surface area contributed by atoms with E-state index >= 15 is 0 Å². The van der Waals surface area contributed by atoms with E-state index in [9.17, 15) is 14.7 Å². The molecule has 0 aliphatic heterocycles. The molecule has 1 aliphatic carbocycles. The summed E-state index contributed by atoms with van der Waals surface area (Å²) in [5, 5.41) is 11.5. The first-order valence-corrected chi connectivity index (χ1v) is 11.2. The number of carboxylic acid groups (broad SMARTS) is 1. The number of ketones is 1. The zero-order valence-electron chi connectivity index (χ0n) is 18.8. The maximum Gasteiger partial charge on any atom is 0.328 e. The van der Waals surface area contributed by atoms with Crippen LogP contribution in [0.25, 0.3) is 10.8 Å². The van der Waals surface area contributed by atoms with Gasteiger partial charge in [0.1, 0.15) is 11.5 Å². The van der Waals surface area contributed by atoms with Crippen molar-refractivity contribution in [1.29, 1.82) is 0 Å². The molecule has 2 aromatic heterocycles. The van der Waals surface area contributed by atoms with Gasteiger partial charge in [0.2, 0.25) is 5.88 Å². The number of hydrogen-bond donors (Lipinski definition) is 1. The van der Waals surface area contributed by atoms with Crippen molar-refractivity contribution in [2.24, 2.45) is 16.8 Å². The molecule has 7 heteroatoms. The molecule has 170 valence electrons. The largest absolute Gasteiger partial charge is 0.480 e. The quantitative estimate of drug-likeness (QED) is 0.530. The minimum Gasteiger partial charge on any atom is -0.480 e. The molecule has 33 heavy (non-hydrogen) atoms. The third-order valence-corrected chi connectivity index (χ3v) is 5.83. The van der Waals surface area contributed by atoms with E-state index in [-0.39, 0.29) is 18.1 Å². The van der Waals surface area contributed by atoms with Crippen LogP contribution < -0.4 is 4.74 Å². The van der Waals surface area contributed by atoms with Crippen LogP contribution in [-0.2, 0) is 16.0 Å². The molecule has 1 fully saturated rings. The van der Waals surface area contributed by atoms with Gasteiger partial charge < -0.3 is 9.84 Å². The first-order valence-electron chi connectivity index (χ1n) is 11.2. The van der Waals surface area contributed by atoms with Crippen LogP contribution in [0.4, 0.5) is 0 Å². The highest BCUT2D eigenvalue weighted by atomic mass is 16.5. The van der Waals surface area contributed by atoms with E-state index < -0.39 is 12.0 Å². The monoisotopic (exact) mass is 445 g/mol. The molecule has 0 bridgehead atoms. The molecule has 4 rings (SSSR count). The molecule has 0 amide bonds. The topological polar surface area (TPSA) is 102 Å². The zero-order valence-corrected chi connectivity index (χ0v) is 18.8. The number of nitrogens with zero attached hydrogens (tertiary/aromatic N) is 3. The fraction of sp³-hybridized carbons (Fsp3) is 0.346. The molecule has 0 spiro atoms. The van der Waals surface area contributed by atoms with Crippen LogP contribution in [0, 0.1) is 11.8 Å². The summed E-state index contributed by atoms with van der Waals surface area (Å²) in [5.41, 5.74) is 1.56. The standard InChI is InChI=1S/C26H27N3O4/c1-16(2)13-20-22(7-8-24(20)30)29-23(26(31)32)14-17-3-5-19(6-4-17)33-25-21-15-27-11-9-18(21)10-12-28-25/h3-6,9-12,15-16,20,23H,7-8,13-14H2,1-2H3,(H,31,32)/t20?,23-/m0/s1. The Bertz CT molecular complexity index is 1180. The van der Waals surface area contributed by atoms with Gasteiger partial charge in [-0.25, -0.2) is 9.78 Å². The Labute approximate surface area is 192 Å². The van der Waals surface area contributed by atoms with E-state index in [0.717, 1.165) is 22.0 Å². The van der Waals surface area contributed by atoms with Crippen LogP contribution in [0.15, 0.2) is 60.0 Å². The molecular formula is C26H27N3O4. The van der Waals surface area contributed by atoms with Gasteiger partial charge in [0, 0.05) is 37.1 Å². The smallest absolute Gasteiger partial charge is 0.328 e. The van der Waals surface area contributed by atoms with Gasteiger partial charge >= 0.3 is 5.97 Å². The lowest BCUT2D eigenvalue weighted by Crippen LogP contribution is -2.25. The van der Waals surface area contributed by atoms with Gasteiger partial charge in [-0.15, -0.1) is 0 Å². The molecule has 2 atom stereocenters. The number of carbonyl (C=O) groups excluding carboxylic acids is 1. The fourth-order valence-corrected chi connectivity index (χ4v) is 4.16. The van der Waals surface area contributed by atoms with Crippen LogP contribution >= 0.6 is 0 Å². The molecule has 0 radical (unpaired) electrons. The van der Waals surface area contributed by atoms with E-state index in [1.54, 1.807) is 30.7 Å². The molecule has 1 saturated carbocycles. The van der Waals surface area contributed by atoms with Crippen molar-refractivity contribution in [2.75, 3.05) is 0 Å². The summed E-state index contributed by atoms with van der Waals surface area (Å²) < 4.78 is 5.94. The number of carboxylic acids is 1. The number of benzene rings is 1. The van der Waals surface area contributed by atoms with Gasteiger partial charge in [-0.1, -0.05) is 26.0 Å². The van der Waals surface area contributed by atoms with Crippen LogP contribution in [0.1, 0.15) is 38.7 Å². The number of fused-ring (bicyclic) bond motifs is 1. The summed E-state index contributed by atoms with van der Waals surface area (Å²) in [7, 11) is 0. The second kappa shape index (κ2) is 9.90. The maximum absolute atomic E-state index is 12.2. The van der Waals surface area contributed by atoms with Gasteiger partial charge in [-0.2, -0.15) is 0 Å². The predicted molar refractivity (Wildman–Crippen MR) is 126 cm³/mol. The average molecular weight is 446 g/mol. The van der Waals surface area contributed by atoms with Gasteiger partial charge in [0.25, 0.3) is 0 Å². The molecule has 0 saturated heterocycles. The van der Waals surface area contributed by atoms with E-state index in [0.29, 0.717) is 36.8 Å². The van der Waals surface area contributed by atoms with Crippen molar-refractivity contribution in [3.8, 4) is 11.6 Å². The van der Waals surface area contributed by atoms with Gasteiger partial charge in [0.15, 0.2) is 6.04 Å². The number of ether oxygens (including phenoxy) is 1. The first kappa shape index (κ1) is 22.6. The predicted octanol–water partition coefficient (Wildman–Crippen LogP) is 4.88. The normalized spacial score (nSPS) is 18.2.